The maximum absolute atomic E-state index is 10.8. The van der Waals surface area contributed by atoms with E-state index in [1.807, 2.05) is 6.07 Å². The van der Waals surface area contributed by atoms with E-state index in [-0.39, 0.29) is 5.56 Å². The molecule has 0 aliphatic carbocycles. The summed E-state index contributed by atoms with van der Waals surface area (Å²) in [6, 6.07) is 5.01. The van der Waals surface area contributed by atoms with E-state index in [0.29, 0.717) is 24.9 Å². The minimum absolute atomic E-state index is 0.268. The Kier molecular flexibility index (Phi) is 3.10. The van der Waals surface area contributed by atoms with Crippen molar-refractivity contribution < 1.29 is 19.4 Å². The maximum Gasteiger partial charge on any atom is 0.335 e. The van der Waals surface area contributed by atoms with E-state index < -0.39 is 5.97 Å². The molecule has 0 amide bonds. The number of carboxylic acid groups (broad SMARTS) is 1. The summed E-state index contributed by atoms with van der Waals surface area (Å²) >= 11 is 0. The molecule has 0 bridgehead atoms. The molecule has 0 aromatic heterocycles. The van der Waals surface area contributed by atoms with Crippen molar-refractivity contribution in [3.63, 3.8) is 0 Å². The van der Waals surface area contributed by atoms with Gasteiger partial charge in [0.25, 0.3) is 0 Å². The van der Waals surface area contributed by atoms with Gasteiger partial charge in [-0.2, -0.15) is 0 Å². The molecule has 4 nitrogen and oxygen atoms in total. The quantitative estimate of drug-likeness (QED) is 0.843. The third-order valence-corrected chi connectivity index (χ3v) is 2.70. The fraction of sp³-hybridized carbons (Fsp3) is 0.417. The second-order valence-electron chi connectivity index (χ2n) is 3.96. The molecule has 16 heavy (non-hydrogen) atoms. The SMILES string of the molecule is COCC1COc2cc(C(=O)O)ccc2C1. The van der Waals surface area contributed by atoms with Gasteiger partial charge < -0.3 is 14.6 Å². The molecule has 1 N–H and O–H groups in total. The van der Waals surface area contributed by atoms with Crippen LogP contribution in [0.3, 0.4) is 0 Å². The Labute approximate surface area is 93.8 Å². The molecule has 0 saturated carbocycles. The Bertz CT molecular complexity index is 400. The van der Waals surface area contributed by atoms with Crippen LogP contribution in [-0.4, -0.2) is 31.4 Å². The summed E-state index contributed by atoms with van der Waals surface area (Å²) < 4.78 is 10.6. The summed E-state index contributed by atoms with van der Waals surface area (Å²) in [5.41, 5.74) is 1.32. The molecular formula is C12H14O4. The van der Waals surface area contributed by atoms with Crippen molar-refractivity contribution in [3.05, 3.63) is 29.3 Å². The average molecular weight is 222 g/mol. The number of ether oxygens (including phenoxy) is 2. The monoisotopic (exact) mass is 222 g/mol. The smallest absolute Gasteiger partial charge is 0.335 e. The van der Waals surface area contributed by atoms with Gasteiger partial charge in [-0.05, 0) is 24.1 Å². The molecule has 1 unspecified atom stereocenters. The van der Waals surface area contributed by atoms with Crippen molar-refractivity contribution in [1.82, 2.24) is 0 Å². The van der Waals surface area contributed by atoms with Gasteiger partial charge in [0.05, 0.1) is 18.8 Å². The van der Waals surface area contributed by atoms with Crippen LogP contribution in [0.5, 0.6) is 5.75 Å². The van der Waals surface area contributed by atoms with E-state index in [1.165, 1.54) is 0 Å². The minimum Gasteiger partial charge on any atom is -0.493 e. The largest absolute Gasteiger partial charge is 0.493 e. The van der Waals surface area contributed by atoms with Crippen molar-refractivity contribution in [1.29, 1.82) is 0 Å². The first-order valence-electron chi connectivity index (χ1n) is 5.18. The Morgan fingerprint density at radius 3 is 3.12 bits per heavy atom. The van der Waals surface area contributed by atoms with Crippen LogP contribution in [-0.2, 0) is 11.2 Å². The number of rotatable bonds is 3. The van der Waals surface area contributed by atoms with Crippen LogP contribution in [0.15, 0.2) is 18.2 Å². The van der Waals surface area contributed by atoms with Crippen LogP contribution < -0.4 is 4.74 Å². The van der Waals surface area contributed by atoms with Crippen LogP contribution in [0, 0.1) is 5.92 Å². The van der Waals surface area contributed by atoms with Gasteiger partial charge in [-0.25, -0.2) is 4.79 Å². The Morgan fingerprint density at radius 1 is 1.62 bits per heavy atom. The number of carbonyl (C=O) groups is 1. The normalized spacial score (nSPS) is 18.7. The topological polar surface area (TPSA) is 55.8 Å². The van der Waals surface area contributed by atoms with Crippen molar-refractivity contribution in [2.45, 2.75) is 6.42 Å². The standard InChI is InChI=1S/C12H14O4/c1-15-6-8-4-9-2-3-10(12(13)14)5-11(9)16-7-8/h2-3,5,8H,4,6-7H2,1H3,(H,13,14). The molecule has 1 aliphatic heterocycles. The number of hydrogen-bond acceptors (Lipinski definition) is 3. The molecule has 0 radical (unpaired) electrons. The van der Waals surface area contributed by atoms with Crippen molar-refractivity contribution >= 4 is 5.97 Å². The third kappa shape index (κ3) is 2.17. The van der Waals surface area contributed by atoms with Gasteiger partial charge in [0.2, 0.25) is 0 Å². The summed E-state index contributed by atoms with van der Waals surface area (Å²) in [5, 5.41) is 8.85. The first-order valence-corrected chi connectivity index (χ1v) is 5.18. The summed E-state index contributed by atoms with van der Waals surface area (Å²) in [6.45, 7) is 1.25. The second kappa shape index (κ2) is 4.53. The molecule has 1 aromatic rings. The van der Waals surface area contributed by atoms with E-state index >= 15 is 0 Å². The predicted molar refractivity (Wildman–Crippen MR) is 58.0 cm³/mol. The lowest BCUT2D eigenvalue weighted by molar-refractivity contribution is 0.0695. The fourth-order valence-electron chi connectivity index (χ4n) is 1.91. The van der Waals surface area contributed by atoms with Gasteiger partial charge in [0, 0.05) is 13.0 Å². The van der Waals surface area contributed by atoms with Crippen molar-refractivity contribution in [2.75, 3.05) is 20.3 Å². The zero-order valence-corrected chi connectivity index (χ0v) is 9.10. The molecule has 1 aliphatic rings. The van der Waals surface area contributed by atoms with Gasteiger partial charge in [0.1, 0.15) is 5.75 Å². The summed E-state index contributed by atoms with van der Waals surface area (Å²) in [4.78, 5) is 10.8. The lowest BCUT2D eigenvalue weighted by atomic mass is 9.96. The zero-order valence-electron chi connectivity index (χ0n) is 9.10. The summed E-state index contributed by atoms with van der Waals surface area (Å²) in [5.74, 6) is 0.117. The minimum atomic E-state index is -0.926. The molecule has 1 heterocycles. The highest BCUT2D eigenvalue weighted by Crippen LogP contribution is 2.28. The first-order chi connectivity index (χ1) is 7.70. The van der Waals surface area contributed by atoms with E-state index in [4.69, 9.17) is 14.6 Å². The maximum atomic E-state index is 10.8. The molecule has 4 heteroatoms. The number of carboxylic acids is 1. The van der Waals surface area contributed by atoms with Crippen LogP contribution in [0.2, 0.25) is 0 Å². The Morgan fingerprint density at radius 2 is 2.44 bits per heavy atom. The molecule has 1 aromatic carbocycles. The van der Waals surface area contributed by atoms with Gasteiger partial charge in [-0.3, -0.25) is 0 Å². The van der Waals surface area contributed by atoms with E-state index in [1.54, 1.807) is 19.2 Å². The van der Waals surface area contributed by atoms with Crippen LogP contribution in [0.25, 0.3) is 0 Å². The van der Waals surface area contributed by atoms with E-state index in [9.17, 15) is 4.79 Å². The van der Waals surface area contributed by atoms with Crippen molar-refractivity contribution in [2.24, 2.45) is 5.92 Å². The molecule has 0 fully saturated rings. The predicted octanol–water partition coefficient (Wildman–Crippen LogP) is 1.58. The highest BCUT2D eigenvalue weighted by Gasteiger charge is 2.20. The highest BCUT2D eigenvalue weighted by molar-refractivity contribution is 5.88. The highest BCUT2D eigenvalue weighted by atomic mass is 16.5. The van der Waals surface area contributed by atoms with Gasteiger partial charge in [0.15, 0.2) is 0 Å². The summed E-state index contributed by atoms with van der Waals surface area (Å²) in [7, 11) is 1.67. The second-order valence-corrected chi connectivity index (χ2v) is 3.96. The third-order valence-electron chi connectivity index (χ3n) is 2.70. The van der Waals surface area contributed by atoms with Gasteiger partial charge in [-0.15, -0.1) is 0 Å². The first kappa shape index (κ1) is 11.0. The number of benzene rings is 1. The molecule has 0 spiro atoms. The van der Waals surface area contributed by atoms with Crippen LogP contribution in [0.1, 0.15) is 15.9 Å². The lowest BCUT2D eigenvalue weighted by Crippen LogP contribution is -2.24. The molecule has 86 valence electrons. The van der Waals surface area contributed by atoms with E-state index in [2.05, 4.69) is 0 Å². The van der Waals surface area contributed by atoms with Gasteiger partial charge in [-0.1, -0.05) is 6.07 Å². The molecule has 0 saturated heterocycles. The van der Waals surface area contributed by atoms with Crippen LogP contribution >= 0.6 is 0 Å². The molecule has 1 atom stereocenters. The molecule has 2 rings (SSSR count). The van der Waals surface area contributed by atoms with E-state index in [0.717, 1.165) is 12.0 Å². The fourth-order valence-corrected chi connectivity index (χ4v) is 1.91. The number of hydrogen-bond donors (Lipinski definition) is 1. The molecular weight excluding hydrogens is 208 g/mol. The number of fused-ring (bicyclic) bond motifs is 1. The number of methoxy groups -OCH3 is 1. The zero-order chi connectivity index (χ0) is 11.5. The van der Waals surface area contributed by atoms with Gasteiger partial charge >= 0.3 is 5.97 Å². The Balaban J connectivity index is 2.19. The number of aromatic carboxylic acids is 1. The Hall–Kier alpha value is -1.55. The lowest BCUT2D eigenvalue weighted by Gasteiger charge is -2.24. The average Bonchev–Trinajstić information content (AvgIpc) is 2.28. The van der Waals surface area contributed by atoms with Crippen LogP contribution in [0.4, 0.5) is 0 Å². The summed E-state index contributed by atoms with van der Waals surface area (Å²) in [6.07, 6.45) is 0.878. The van der Waals surface area contributed by atoms with Crippen molar-refractivity contribution in [3.8, 4) is 5.75 Å².